The summed E-state index contributed by atoms with van der Waals surface area (Å²) in [6, 6.07) is 2.31. The highest BCUT2D eigenvalue weighted by Gasteiger charge is 2.17. The van der Waals surface area contributed by atoms with Crippen molar-refractivity contribution < 1.29 is 0 Å². The first-order valence-electron chi connectivity index (χ1n) is 6.47. The van der Waals surface area contributed by atoms with E-state index >= 15 is 0 Å². The summed E-state index contributed by atoms with van der Waals surface area (Å²) in [5, 5.41) is 0. The zero-order valence-corrected chi connectivity index (χ0v) is 12.8. The number of rotatable bonds is 2. The molecule has 1 N–H and O–H groups in total. The number of fused-ring (bicyclic) bond motifs is 1. The molecule has 0 atom stereocenters. The lowest BCUT2D eigenvalue weighted by Crippen LogP contribution is -2.30. The third kappa shape index (κ3) is 2.78. The molecule has 1 aliphatic rings. The fraction of sp³-hybridized carbons (Fsp3) is 0.429. The standard InChI is InChI=1S/C14H17N3S2/c1-9-5-12(19-10(9)2)7-17-4-3-11-6-15-14(18)16-13(11)8-17/h5-6H,3-4,7-8H2,1-2H3,(H,15,16,18). The number of aryl methyl sites for hydroxylation is 2. The summed E-state index contributed by atoms with van der Waals surface area (Å²) in [5.74, 6) is 0. The van der Waals surface area contributed by atoms with Crippen molar-refractivity contribution in [1.29, 1.82) is 0 Å². The van der Waals surface area contributed by atoms with E-state index in [9.17, 15) is 0 Å². The fourth-order valence-electron chi connectivity index (χ4n) is 2.48. The van der Waals surface area contributed by atoms with Crippen LogP contribution in [-0.2, 0) is 19.5 Å². The van der Waals surface area contributed by atoms with Gasteiger partial charge in [0.2, 0.25) is 0 Å². The van der Waals surface area contributed by atoms with Gasteiger partial charge in [0.15, 0.2) is 4.77 Å². The molecule has 100 valence electrons. The van der Waals surface area contributed by atoms with Gasteiger partial charge in [0.05, 0.1) is 0 Å². The van der Waals surface area contributed by atoms with Crippen molar-refractivity contribution in [2.75, 3.05) is 6.54 Å². The van der Waals surface area contributed by atoms with Gasteiger partial charge in [0.1, 0.15) is 0 Å². The molecule has 0 radical (unpaired) electrons. The second kappa shape index (κ2) is 5.15. The number of H-pyrrole nitrogens is 1. The van der Waals surface area contributed by atoms with Crippen LogP contribution >= 0.6 is 23.6 Å². The Morgan fingerprint density at radius 3 is 3.05 bits per heavy atom. The zero-order chi connectivity index (χ0) is 13.4. The van der Waals surface area contributed by atoms with E-state index < -0.39 is 0 Å². The Kier molecular flexibility index (Phi) is 3.52. The normalized spacial score (nSPS) is 15.5. The Morgan fingerprint density at radius 2 is 2.32 bits per heavy atom. The fourth-order valence-corrected chi connectivity index (χ4v) is 3.75. The maximum Gasteiger partial charge on any atom is 0.196 e. The van der Waals surface area contributed by atoms with E-state index in [-0.39, 0.29) is 0 Å². The van der Waals surface area contributed by atoms with Crippen molar-refractivity contribution >= 4 is 23.6 Å². The highest BCUT2D eigenvalue weighted by Crippen LogP contribution is 2.24. The van der Waals surface area contributed by atoms with Crippen molar-refractivity contribution in [2.45, 2.75) is 33.4 Å². The number of hydrogen-bond donors (Lipinski definition) is 1. The van der Waals surface area contributed by atoms with E-state index in [1.165, 1.54) is 26.6 Å². The molecule has 1 aliphatic heterocycles. The summed E-state index contributed by atoms with van der Waals surface area (Å²) in [6.07, 6.45) is 2.97. The van der Waals surface area contributed by atoms with Crippen molar-refractivity contribution in [3.05, 3.63) is 43.6 Å². The topological polar surface area (TPSA) is 31.9 Å². The van der Waals surface area contributed by atoms with Gasteiger partial charge >= 0.3 is 0 Å². The van der Waals surface area contributed by atoms with Crippen LogP contribution in [0.2, 0.25) is 0 Å². The molecule has 0 unspecified atom stereocenters. The first-order valence-corrected chi connectivity index (χ1v) is 7.69. The van der Waals surface area contributed by atoms with Crippen LogP contribution in [0.25, 0.3) is 0 Å². The lowest BCUT2D eigenvalue weighted by atomic mass is 10.1. The van der Waals surface area contributed by atoms with Gasteiger partial charge in [-0.15, -0.1) is 11.3 Å². The number of aromatic amines is 1. The number of aromatic nitrogens is 2. The minimum Gasteiger partial charge on any atom is -0.333 e. The van der Waals surface area contributed by atoms with E-state index in [1.54, 1.807) is 0 Å². The SMILES string of the molecule is Cc1cc(CN2CCc3cnc(=S)[nH]c3C2)sc1C. The van der Waals surface area contributed by atoms with Crippen LogP contribution in [0, 0.1) is 18.6 Å². The summed E-state index contributed by atoms with van der Waals surface area (Å²) < 4.78 is 0.586. The largest absolute Gasteiger partial charge is 0.333 e. The molecule has 3 heterocycles. The molecule has 0 bridgehead atoms. The molecular formula is C14H17N3S2. The highest BCUT2D eigenvalue weighted by molar-refractivity contribution is 7.71. The monoisotopic (exact) mass is 291 g/mol. The van der Waals surface area contributed by atoms with Crippen LogP contribution in [0.3, 0.4) is 0 Å². The smallest absolute Gasteiger partial charge is 0.196 e. The minimum absolute atomic E-state index is 0.586. The van der Waals surface area contributed by atoms with E-state index in [2.05, 4.69) is 34.8 Å². The zero-order valence-electron chi connectivity index (χ0n) is 11.2. The molecule has 0 amide bonds. The third-order valence-corrected chi connectivity index (χ3v) is 5.00. The first-order chi connectivity index (χ1) is 9.11. The maximum atomic E-state index is 5.10. The quantitative estimate of drug-likeness (QED) is 0.861. The second-order valence-electron chi connectivity index (χ2n) is 5.10. The Bertz CT molecular complexity index is 637. The van der Waals surface area contributed by atoms with Crippen molar-refractivity contribution in [3.8, 4) is 0 Å². The molecule has 0 aliphatic carbocycles. The van der Waals surface area contributed by atoms with Gasteiger partial charge in [-0.1, -0.05) is 0 Å². The Hall–Kier alpha value is -1.04. The van der Waals surface area contributed by atoms with E-state index in [0.717, 1.165) is 26.1 Å². The molecule has 3 rings (SSSR count). The highest BCUT2D eigenvalue weighted by atomic mass is 32.1. The lowest BCUT2D eigenvalue weighted by Gasteiger charge is -2.27. The molecule has 2 aromatic heterocycles. The molecule has 0 aromatic carbocycles. The predicted molar refractivity (Wildman–Crippen MR) is 81.0 cm³/mol. The molecule has 2 aromatic rings. The van der Waals surface area contributed by atoms with Crippen LogP contribution in [0.15, 0.2) is 12.3 Å². The van der Waals surface area contributed by atoms with Crippen LogP contribution in [0.5, 0.6) is 0 Å². The van der Waals surface area contributed by atoms with Gasteiger partial charge in [0, 0.05) is 41.3 Å². The average Bonchev–Trinajstić information content (AvgIpc) is 2.67. The van der Waals surface area contributed by atoms with Crippen LogP contribution in [0.1, 0.15) is 26.6 Å². The van der Waals surface area contributed by atoms with E-state index in [0.29, 0.717) is 4.77 Å². The van der Waals surface area contributed by atoms with Gasteiger partial charge in [0.25, 0.3) is 0 Å². The van der Waals surface area contributed by atoms with Crippen molar-refractivity contribution in [2.24, 2.45) is 0 Å². The summed E-state index contributed by atoms with van der Waals surface area (Å²) >= 11 is 7.01. The molecule has 5 heteroatoms. The van der Waals surface area contributed by atoms with Gasteiger partial charge in [-0.05, 0) is 49.7 Å². The van der Waals surface area contributed by atoms with Gasteiger partial charge < -0.3 is 4.98 Å². The summed E-state index contributed by atoms with van der Waals surface area (Å²) in [5.41, 5.74) is 3.95. The number of nitrogens with zero attached hydrogens (tertiary/aromatic N) is 2. The third-order valence-electron chi connectivity index (χ3n) is 3.66. The Morgan fingerprint density at radius 1 is 1.47 bits per heavy atom. The number of hydrogen-bond acceptors (Lipinski definition) is 4. The minimum atomic E-state index is 0.586. The first kappa shape index (κ1) is 13.0. The molecule has 0 saturated carbocycles. The van der Waals surface area contributed by atoms with Crippen molar-refractivity contribution in [3.63, 3.8) is 0 Å². The molecule has 3 nitrogen and oxygen atoms in total. The van der Waals surface area contributed by atoms with Gasteiger partial charge in [-0.3, -0.25) is 4.90 Å². The Balaban J connectivity index is 1.76. The Labute approximate surface area is 122 Å². The summed E-state index contributed by atoms with van der Waals surface area (Å²) in [7, 11) is 0. The molecule has 19 heavy (non-hydrogen) atoms. The second-order valence-corrected chi connectivity index (χ2v) is 6.83. The van der Waals surface area contributed by atoms with E-state index in [4.69, 9.17) is 12.2 Å². The van der Waals surface area contributed by atoms with Gasteiger partial charge in [-0.2, -0.15) is 0 Å². The van der Waals surface area contributed by atoms with Crippen molar-refractivity contribution in [1.82, 2.24) is 14.9 Å². The lowest BCUT2D eigenvalue weighted by molar-refractivity contribution is 0.243. The molecular weight excluding hydrogens is 274 g/mol. The summed E-state index contributed by atoms with van der Waals surface area (Å²) in [6.45, 7) is 7.44. The average molecular weight is 291 g/mol. The van der Waals surface area contributed by atoms with Crippen LogP contribution in [-0.4, -0.2) is 21.4 Å². The van der Waals surface area contributed by atoms with Crippen LogP contribution in [0.4, 0.5) is 0 Å². The molecule has 0 fully saturated rings. The molecule has 0 spiro atoms. The number of thiophene rings is 1. The summed E-state index contributed by atoms with van der Waals surface area (Å²) in [4.78, 5) is 12.7. The predicted octanol–water partition coefficient (Wildman–Crippen LogP) is 3.38. The molecule has 0 saturated heterocycles. The number of nitrogens with one attached hydrogen (secondary N) is 1. The van der Waals surface area contributed by atoms with Crippen LogP contribution < -0.4 is 0 Å². The van der Waals surface area contributed by atoms with Gasteiger partial charge in [-0.25, -0.2) is 4.98 Å². The van der Waals surface area contributed by atoms with E-state index in [1.807, 2.05) is 17.5 Å². The maximum absolute atomic E-state index is 5.10.